The lowest BCUT2D eigenvalue weighted by Gasteiger charge is -2.14. The number of rotatable bonds is 9. The number of methoxy groups -OCH3 is 3. The van der Waals surface area contributed by atoms with Crippen LogP contribution in [0.4, 0.5) is 5.69 Å². The lowest BCUT2D eigenvalue weighted by molar-refractivity contribution is -0.115. The molecule has 0 aromatic heterocycles. The molecule has 0 saturated heterocycles. The molecule has 0 atom stereocenters. The fraction of sp³-hybridized carbons (Fsp3) is 0.160. The molecule has 2 N–H and O–H groups in total. The van der Waals surface area contributed by atoms with Crippen LogP contribution in [0.2, 0.25) is 0 Å². The van der Waals surface area contributed by atoms with E-state index in [1.54, 1.807) is 42.5 Å². The van der Waals surface area contributed by atoms with E-state index in [1.165, 1.54) is 33.5 Å². The van der Waals surface area contributed by atoms with Crippen molar-refractivity contribution in [2.24, 2.45) is 0 Å². The number of carbonyl (C=O) groups is 3. The van der Waals surface area contributed by atoms with Crippen molar-refractivity contribution in [3.05, 3.63) is 81.8 Å². The Labute approximate surface area is 205 Å². The molecular weight excluding hydrogens is 504 g/mol. The molecule has 0 spiro atoms. The molecule has 0 heterocycles. The van der Waals surface area contributed by atoms with Gasteiger partial charge in [-0.1, -0.05) is 46.3 Å². The number of benzene rings is 3. The van der Waals surface area contributed by atoms with Crippen molar-refractivity contribution in [3.63, 3.8) is 0 Å². The SMILES string of the molecule is COc1cc(C(=O)NCC(=O)Nc2ccc(Br)cc2C(=O)c2ccccc2)cc(OC)c1OC. The first-order valence-electron chi connectivity index (χ1n) is 10.1. The van der Waals surface area contributed by atoms with Crippen molar-refractivity contribution in [2.45, 2.75) is 0 Å². The summed E-state index contributed by atoms with van der Waals surface area (Å²) in [7, 11) is 4.35. The molecule has 0 aliphatic rings. The topological polar surface area (TPSA) is 103 Å². The summed E-state index contributed by atoms with van der Waals surface area (Å²) >= 11 is 3.36. The summed E-state index contributed by atoms with van der Waals surface area (Å²) in [5.74, 6) is -0.259. The van der Waals surface area contributed by atoms with Gasteiger partial charge in [0, 0.05) is 21.2 Å². The number of anilines is 1. The van der Waals surface area contributed by atoms with Crippen molar-refractivity contribution in [2.75, 3.05) is 33.2 Å². The fourth-order valence-electron chi connectivity index (χ4n) is 3.23. The minimum atomic E-state index is -0.509. The molecule has 0 radical (unpaired) electrons. The van der Waals surface area contributed by atoms with Crippen molar-refractivity contribution >= 4 is 39.2 Å². The summed E-state index contributed by atoms with van der Waals surface area (Å²) in [4.78, 5) is 38.2. The van der Waals surface area contributed by atoms with Crippen molar-refractivity contribution in [1.82, 2.24) is 5.32 Å². The number of halogens is 1. The van der Waals surface area contributed by atoms with Gasteiger partial charge in [-0.3, -0.25) is 14.4 Å². The Bertz CT molecular complexity index is 1190. The van der Waals surface area contributed by atoms with E-state index in [0.717, 1.165) is 0 Å². The van der Waals surface area contributed by atoms with Crippen LogP contribution in [0.5, 0.6) is 17.2 Å². The molecule has 9 heteroatoms. The molecule has 3 aromatic rings. The number of nitrogens with one attached hydrogen (secondary N) is 2. The van der Waals surface area contributed by atoms with Crippen LogP contribution < -0.4 is 24.8 Å². The molecule has 176 valence electrons. The summed E-state index contributed by atoms with van der Waals surface area (Å²) in [5, 5.41) is 5.25. The smallest absolute Gasteiger partial charge is 0.251 e. The van der Waals surface area contributed by atoms with E-state index in [2.05, 4.69) is 26.6 Å². The highest BCUT2D eigenvalue weighted by Crippen LogP contribution is 2.38. The van der Waals surface area contributed by atoms with Crippen molar-refractivity contribution < 1.29 is 28.6 Å². The first-order valence-corrected chi connectivity index (χ1v) is 10.9. The molecule has 0 bridgehead atoms. The minimum absolute atomic E-state index is 0.228. The number of hydrogen-bond donors (Lipinski definition) is 2. The Balaban J connectivity index is 1.73. The highest BCUT2D eigenvalue weighted by Gasteiger charge is 2.19. The quantitative estimate of drug-likeness (QED) is 0.407. The second-order valence-corrected chi connectivity index (χ2v) is 7.95. The predicted octanol–water partition coefficient (Wildman–Crippen LogP) is 4.07. The van der Waals surface area contributed by atoms with Gasteiger partial charge in [-0.25, -0.2) is 0 Å². The van der Waals surface area contributed by atoms with Gasteiger partial charge in [-0.2, -0.15) is 0 Å². The van der Waals surface area contributed by atoms with Crippen LogP contribution in [0.3, 0.4) is 0 Å². The molecule has 3 rings (SSSR count). The van der Waals surface area contributed by atoms with Gasteiger partial charge < -0.3 is 24.8 Å². The van der Waals surface area contributed by atoms with E-state index in [1.807, 2.05) is 6.07 Å². The Morgan fingerprint density at radius 2 is 1.47 bits per heavy atom. The Kier molecular flexibility index (Phi) is 8.26. The van der Waals surface area contributed by atoms with Gasteiger partial charge in [-0.05, 0) is 30.3 Å². The van der Waals surface area contributed by atoms with Gasteiger partial charge >= 0.3 is 0 Å². The van der Waals surface area contributed by atoms with Gasteiger partial charge in [0.15, 0.2) is 17.3 Å². The van der Waals surface area contributed by atoms with E-state index in [-0.39, 0.29) is 17.9 Å². The fourth-order valence-corrected chi connectivity index (χ4v) is 3.59. The first kappa shape index (κ1) is 24.8. The Morgan fingerprint density at radius 3 is 2.06 bits per heavy atom. The zero-order chi connectivity index (χ0) is 24.7. The average Bonchev–Trinajstić information content (AvgIpc) is 2.87. The van der Waals surface area contributed by atoms with Crippen LogP contribution in [-0.4, -0.2) is 45.5 Å². The second-order valence-electron chi connectivity index (χ2n) is 7.03. The summed E-state index contributed by atoms with van der Waals surface area (Å²) in [6.07, 6.45) is 0. The summed E-state index contributed by atoms with van der Waals surface area (Å²) in [6, 6.07) is 16.7. The molecule has 8 nitrogen and oxygen atoms in total. The van der Waals surface area contributed by atoms with Crippen LogP contribution in [0.25, 0.3) is 0 Å². The largest absolute Gasteiger partial charge is 0.493 e. The molecule has 0 aliphatic heterocycles. The van der Waals surface area contributed by atoms with Crippen LogP contribution >= 0.6 is 15.9 Å². The second kappa shape index (κ2) is 11.3. The van der Waals surface area contributed by atoms with Gasteiger partial charge in [-0.15, -0.1) is 0 Å². The predicted molar refractivity (Wildman–Crippen MR) is 131 cm³/mol. The van der Waals surface area contributed by atoms with Gasteiger partial charge in [0.1, 0.15) is 0 Å². The molecule has 0 fully saturated rings. The maximum Gasteiger partial charge on any atom is 0.251 e. The van der Waals surface area contributed by atoms with Crippen LogP contribution in [-0.2, 0) is 4.79 Å². The molecule has 3 aromatic carbocycles. The number of amides is 2. The monoisotopic (exact) mass is 526 g/mol. The summed E-state index contributed by atoms with van der Waals surface area (Å²) in [5.41, 5.74) is 1.38. The van der Waals surface area contributed by atoms with Crippen molar-refractivity contribution in [3.8, 4) is 17.2 Å². The normalized spacial score (nSPS) is 10.2. The highest BCUT2D eigenvalue weighted by atomic mass is 79.9. The summed E-state index contributed by atoms with van der Waals surface area (Å²) < 4.78 is 16.5. The standard InChI is InChI=1S/C25H23BrN2O6/c1-32-20-11-16(12-21(33-2)24(20)34-3)25(31)27-14-22(29)28-19-10-9-17(26)13-18(19)23(30)15-7-5-4-6-8-15/h4-13H,14H2,1-3H3,(H,27,31)(H,28,29). The van der Waals surface area contributed by atoms with E-state index in [9.17, 15) is 14.4 Å². The van der Waals surface area contributed by atoms with Crippen LogP contribution in [0, 0.1) is 0 Å². The number of hydrogen-bond acceptors (Lipinski definition) is 6. The molecule has 0 aliphatic carbocycles. The van der Waals surface area contributed by atoms with Gasteiger partial charge in [0.25, 0.3) is 5.91 Å². The van der Waals surface area contributed by atoms with E-state index < -0.39 is 11.8 Å². The Hall–Kier alpha value is -3.85. The maximum absolute atomic E-state index is 12.9. The van der Waals surface area contributed by atoms with Gasteiger partial charge in [0.05, 0.1) is 33.6 Å². The van der Waals surface area contributed by atoms with E-state index >= 15 is 0 Å². The van der Waals surface area contributed by atoms with Crippen LogP contribution in [0.15, 0.2) is 65.1 Å². The average molecular weight is 527 g/mol. The van der Waals surface area contributed by atoms with E-state index in [4.69, 9.17) is 14.2 Å². The number of carbonyl (C=O) groups excluding carboxylic acids is 3. The number of ketones is 1. The Morgan fingerprint density at radius 1 is 0.824 bits per heavy atom. The maximum atomic E-state index is 12.9. The third kappa shape index (κ3) is 5.74. The van der Waals surface area contributed by atoms with Crippen molar-refractivity contribution in [1.29, 1.82) is 0 Å². The van der Waals surface area contributed by atoms with E-state index in [0.29, 0.717) is 38.5 Å². The molecular formula is C25H23BrN2O6. The van der Waals surface area contributed by atoms with Gasteiger partial charge in [0.2, 0.25) is 11.7 Å². The first-order chi connectivity index (χ1) is 16.4. The number of ether oxygens (including phenoxy) is 3. The van der Waals surface area contributed by atoms with Crippen LogP contribution in [0.1, 0.15) is 26.3 Å². The molecule has 0 saturated carbocycles. The molecule has 0 unspecified atom stereocenters. The molecule has 2 amide bonds. The third-order valence-electron chi connectivity index (χ3n) is 4.87. The lowest BCUT2D eigenvalue weighted by Crippen LogP contribution is -2.33. The minimum Gasteiger partial charge on any atom is -0.493 e. The third-order valence-corrected chi connectivity index (χ3v) is 5.37. The lowest BCUT2D eigenvalue weighted by atomic mass is 10.0. The zero-order valence-electron chi connectivity index (χ0n) is 18.8. The molecule has 34 heavy (non-hydrogen) atoms. The zero-order valence-corrected chi connectivity index (χ0v) is 20.4. The highest BCUT2D eigenvalue weighted by molar-refractivity contribution is 9.10. The summed E-state index contributed by atoms with van der Waals surface area (Å²) in [6.45, 7) is -0.315.